The van der Waals surface area contributed by atoms with Crippen LogP contribution in [0.1, 0.15) is 29.3 Å². The standard InChI is InChI=1S/C21H21NO4/c1-4-10-26-19-9-8-15(12-20(19)25-3)11-17(14-22)21(23)16-6-5-7-18(13-16)24-2/h5-9,11-13H,4,10H2,1-3H3/b17-11+. The molecular weight excluding hydrogens is 330 g/mol. The highest BCUT2D eigenvalue weighted by Gasteiger charge is 2.14. The Kier molecular flexibility index (Phi) is 6.81. The maximum atomic E-state index is 12.6. The van der Waals surface area contributed by atoms with Crippen molar-refractivity contribution < 1.29 is 19.0 Å². The molecule has 0 N–H and O–H groups in total. The summed E-state index contributed by atoms with van der Waals surface area (Å²) in [6.07, 6.45) is 2.42. The van der Waals surface area contributed by atoms with E-state index in [-0.39, 0.29) is 11.4 Å². The van der Waals surface area contributed by atoms with E-state index >= 15 is 0 Å². The van der Waals surface area contributed by atoms with E-state index < -0.39 is 0 Å². The van der Waals surface area contributed by atoms with Crippen molar-refractivity contribution in [1.82, 2.24) is 0 Å². The van der Waals surface area contributed by atoms with E-state index in [1.165, 1.54) is 13.2 Å². The number of Topliss-reactive ketones (excluding diaryl/α,β-unsaturated/α-hetero) is 1. The number of hydrogen-bond acceptors (Lipinski definition) is 5. The van der Waals surface area contributed by atoms with Crippen molar-refractivity contribution in [3.8, 4) is 23.3 Å². The summed E-state index contributed by atoms with van der Waals surface area (Å²) in [4.78, 5) is 12.6. The quantitative estimate of drug-likeness (QED) is 0.403. The molecule has 0 saturated heterocycles. The van der Waals surface area contributed by atoms with Gasteiger partial charge in [0, 0.05) is 5.56 Å². The number of carbonyl (C=O) groups is 1. The number of hydrogen-bond donors (Lipinski definition) is 0. The average Bonchev–Trinajstić information content (AvgIpc) is 2.70. The molecule has 0 aliphatic carbocycles. The van der Waals surface area contributed by atoms with E-state index in [4.69, 9.17) is 14.2 Å². The van der Waals surface area contributed by atoms with Crippen LogP contribution in [0.5, 0.6) is 17.2 Å². The van der Waals surface area contributed by atoms with Crippen LogP contribution in [0.25, 0.3) is 6.08 Å². The maximum Gasteiger partial charge on any atom is 0.203 e. The molecule has 134 valence electrons. The minimum absolute atomic E-state index is 0.0301. The van der Waals surface area contributed by atoms with Gasteiger partial charge in [-0.3, -0.25) is 4.79 Å². The fourth-order valence-corrected chi connectivity index (χ4v) is 2.34. The Labute approximate surface area is 153 Å². The molecule has 0 spiro atoms. The minimum atomic E-state index is -0.364. The number of nitriles is 1. The fourth-order valence-electron chi connectivity index (χ4n) is 2.34. The smallest absolute Gasteiger partial charge is 0.203 e. The Morgan fingerprint density at radius 2 is 1.92 bits per heavy atom. The predicted molar refractivity (Wildman–Crippen MR) is 99.7 cm³/mol. The maximum absolute atomic E-state index is 12.6. The monoisotopic (exact) mass is 351 g/mol. The van der Waals surface area contributed by atoms with Gasteiger partial charge in [-0.2, -0.15) is 5.26 Å². The van der Waals surface area contributed by atoms with Gasteiger partial charge in [-0.05, 0) is 42.3 Å². The number of nitrogens with zero attached hydrogens (tertiary/aromatic N) is 1. The Morgan fingerprint density at radius 3 is 2.58 bits per heavy atom. The lowest BCUT2D eigenvalue weighted by molar-refractivity contribution is 0.103. The normalized spacial score (nSPS) is 10.8. The first-order valence-corrected chi connectivity index (χ1v) is 8.24. The molecule has 0 fully saturated rings. The predicted octanol–water partition coefficient (Wildman–Crippen LogP) is 4.28. The van der Waals surface area contributed by atoms with Gasteiger partial charge in [0.1, 0.15) is 17.4 Å². The van der Waals surface area contributed by atoms with E-state index in [1.54, 1.807) is 49.6 Å². The van der Waals surface area contributed by atoms with Crippen molar-refractivity contribution in [3.05, 3.63) is 59.2 Å². The van der Waals surface area contributed by atoms with Crippen molar-refractivity contribution in [3.63, 3.8) is 0 Å². The summed E-state index contributed by atoms with van der Waals surface area (Å²) >= 11 is 0. The van der Waals surface area contributed by atoms with Crippen LogP contribution in [0, 0.1) is 11.3 Å². The number of carbonyl (C=O) groups excluding carboxylic acids is 1. The van der Waals surface area contributed by atoms with Gasteiger partial charge in [-0.15, -0.1) is 0 Å². The number of benzene rings is 2. The molecule has 2 aromatic carbocycles. The molecule has 0 unspecified atom stereocenters. The van der Waals surface area contributed by atoms with Crippen LogP contribution in [0.4, 0.5) is 0 Å². The van der Waals surface area contributed by atoms with Gasteiger partial charge in [0.25, 0.3) is 0 Å². The van der Waals surface area contributed by atoms with E-state index in [0.717, 1.165) is 6.42 Å². The van der Waals surface area contributed by atoms with Crippen LogP contribution >= 0.6 is 0 Å². The van der Waals surface area contributed by atoms with Gasteiger partial charge in [-0.1, -0.05) is 25.1 Å². The zero-order valence-corrected chi connectivity index (χ0v) is 15.1. The molecule has 0 bridgehead atoms. The molecule has 0 atom stereocenters. The second kappa shape index (κ2) is 9.28. The van der Waals surface area contributed by atoms with Crippen molar-refractivity contribution in [2.45, 2.75) is 13.3 Å². The van der Waals surface area contributed by atoms with Crippen LogP contribution in [-0.2, 0) is 0 Å². The molecule has 2 rings (SSSR count). The molecule has 0 aliphatic rings. The minimum Gasteiger partial charge on any atom is -0.497 e. The van der Waals surface area contributed by atoms with Crippen LogP contribution in [0.2, 0.25) is 0 Å². The van der Waals surface area contributed by atoms with Crippen LogP contribution in [0.3, 0.4) is 0 Å². The van der Waals surface area contributed by atoms with Gasteiger partial charge in [0.05, 0.1) is 20.8 Å². The molecule has 0 saturated carbocycles. The number of ketones is 1. The summed E-state index contributed by atoms with van der Waals surface area (Å²) in [5.74, 6) is 1.38. The number of ether oxygens (including phenoxy) is 3. The van der Waals surface area contributed by atoms with E-state index in [2.05, 4.69) is 0 Å². The Hall–Kier alpha value is -3.26. The molecule has 2 aromatic rings. The average molecular weight is 351 g/mol. The topological polar surface area (TPSA) is 68.5 Å². The first-order chi connectivity index (χ1) is 12.6. The first-order valence-electron chi connectivity index (χ1n) is 8.24. The Bertz CT molecular complexity index is 849. The highest BCUT2D eigenvalue weighted by Crippen LogP contribution is 2.29. The number of rotatable bonds is 8. The third-order valence-electron chi connectivity index (χ3n) is 3.66. The van der Waals surface area contributed by atoms with Gasteiger partial charge < -0.3 is 14.2 Å². The van der Waals surface area contributed by atoms with Crippen LogP contribution in [-0.4, -0.2) is 26.6 Å². The lowest BCUT2D eigenvalue weighted by atomic mass is 10.0. The second-order valence-electron chi connectivity index (χ2n) is 5.49. The zero-order chi connectivity index (χ0) is 18.9. The fraction of sp³-hybridized carbons (Fsp3) is 0.238. The molecular formula is C21H21NO4. The third-order valence-corrected chi connectivity index (χ3v) is 3.66. The number of methoxy groups -OCH3 is 2. The highest BCUT2D eigenvalue weighted by molar-refractivity contribution is 6.14. The summed E-state index contributed by atoms with van der Waals surface area (Å²) < 4.78 is 16.1. The first kappa shape index (κ1) is 19.1. The van der Waals surface area contributed by atoms with Gasteiger partial charge in [-0.25, -0.2) is 0 Å². The van der Waals surface area contributed by atoms with Crippen molar-refractivity contribution in [2.24, 2.45) is 0 Å². The molecule has 26 heavy (non-hydrogen) atoms. The third kappa shape index (κ3) is 4.64. The largest absolute Gasteiger partial charge is 0.497 e. The zero-order valence-electron chi connectivity index (χ0n) is 15.1. The highest BCUT2D eigenvalue weighted by atomic mass is 16.5. The van der Waals surface area contributed by atoms with E-state index in [0.29, 0.717) is 35.0 Å². The van der Waals surface area contributed by atoms with E-state index in [1.807, 2.05) is 13.0 Å². The summed E-state index contributed by atoms with van der Waals surface area (Å²) in [5.41, 5.74) is 1.10. The summed E-state index contributed by atoms with van der Waals surface area (Å²) in [5, 5.41) is 9.42. The summed E-state index contributed by atoms with van der Waals surface area (Å²) in [6, 6.07) is 14.0. The Morgan fingerprint density at radius 1 is 1.12 bits per heavy atom. The van der Waals surface area contributed by atoms with Crippen molar-refractivity contribution >= 4 is 11.9 Å². The second-order valence-corrected chi connectivity index (χ2v) is 5.49. The number of allylic oxidation sites excluding steroid dienone is 1. The van der Waals surface area contributed by atoms with Gasteiger partial charge >= 0.3 is 0 Å². The molecule has 0 heterocycles. The molecule has 5 nitrogen and oxygen atoms in total. The van der Waals surface area contributed by atoms with Gasteiger partial charge in [0.15, 0.2) is 11.5 Å². The summed E-state index contributed by atoms with van der Waals surface area (Å²) in [7, 11) is 3.08. The molecule has 0 aliphatic heterocycles. The van der Waals surface area contributed by atoms with E-state index in [9.17, 15) is 10.1 Å². The van der Waals surface area contributed by atoms with Crippen LogP contribution in [0.15, 0.2) is 48.0 Å². The molecule has 0 aromatic heterocycles. The Balaban J connectivity index is 2.33. The molecule has 0 radical (unpaired) electrons. The lowest BCUT2D eigenvalue weighted by Gasteiger charge is -2.10. The lowest BCUT2D eigenvalue weighted by Crippen LogP contribution is -2.02. The van der Waals surface area contributed by atoms with Crippen molar-refractivity contribution in [1.29, 1.82) is 5.26 Å². The molecule has 0 amide bonds. The van der Waals surface area contributed by atoms with Gasteiger partial charge in [0.2, 0.25) is 5.78 Å². The SMILES string of the molecule is CCCOc1ccc(/C=C(\C#N)C(=O)c2cccc(OC)c2)cc1OC. The molecule has 5 heteroatoms. The van der Waals surface area contributed by atoms with Crippen molar-refractivity contribution in [2.75, 3.05) is 20.8 Å². The summed E-state index contributed by atoms with van der Waals surface area (Å²) in [6.45, 7) is 2.61. The van der Waals surface area contributed by atoms with Crippen LogP contribution < -0.4 is 14.2 Å².